The Morgan fingerprint density at radius 3 is 2.95 bits per heavy atom. The second-order valence-electron chi connectivity index (χ2n) is 5.06. The van der Waals surface area contributed by atoms with Crippen LogP contribution in [0.5, 0.6) is 5.75 Å². The van der Waals surface area contributed by atoms with E-state index in [1.807, 2.05) is 24.3 Å². The third-order valence-corrected chi connectivity index (χ3v) is 3.65. The molecule has 0 amide bonds. The van der Waals surface area contributed by atoms with Crippen molar-refractivity contribution in [2.75, 3.05) is 13.2 Å². The van der Waals surface area contributed by atoms with Gasteiger partial charge in [0, 0.05) is 18.0 Å². The Balaban J connectivity index is 1.60. The molecule has 0 aromatic heterocycles. The molecule has 0 saturated heterocycles. The predicted octanol–water partition coefficient (Wildman–Crippen LogP) is 3.48. The van der Waals surface area contributed by atoms with Gasteiger partial charge in [-0.1, -0.05) is 30.3 Å². The molecule has 2 aromatic carbocycles. The summed E-state index contributed by atoms with van der Waals surface area (Å²) in [6.45, 7) is 1.58. The zero-order valence-electron chi connectivity index (χ0n) is 11.3. The third-order valence-electron chi connectivity index (χ3n) is 3.65. The van der Waals surface area contributed by atoms with Crippen molar-refractivity contribution in [3.8, 4) is 5.75 Å². The van der Waals surface area contributed by atoms with E-state index < -0.39 is 0 Å². The lowest BCUT2D eigenvalue weighted by molar-refractivity contribution is 0.253. The second kappa shape index (κ2) is 6.06. The maximum atomic E-state index is 13.1. The number of rotatable bonds is 4. The standard InChI is InChI=1S/C17H18FNO/c18-14-5-3-4-13(12-14)8-10-19-16-9-11-20-17-7-2-1-6-15(16)17/h1-7,12,16,19H,8-11H2. The molecule has 2 nitrogen and oxygen atoms in total. The normalized spacial score (nSPS) is 17.4. The van der Waals surface area contributed by atoms with Crippen molar-refractivity contribution in [2.24, 2.45) is 0 Å². The summed E-state index contributed by atoms with van der Waals surface area (Å²) in [7, 11) is 0. The first-order valence-corrected chi connectivity index (χ1v) is 7.02. The molecule has 1 aliphatic rings. The van der Waals surface area contributed by atoms with E-state index >= 15 is 0 Å². The average Bonchev–Trinajstić information content (AvgIpc) is 2.48. The van der Waals surface area contributed by atoms with Gasteiger partial charge in [-0.2, -0.15) is 0 Å². The van der Waals surface area contributed by atoms with Crippen LogP contribution in [0.3, 0.4) is 0 Å². The fourth-order valence-electron chi connectivity index (χ4n) is 2.64. The quantitative estimate of drug-likeness (QED) is 0.919. The van der Waals surface area contributed by atoms with Gasteiger partial charge >= 0.3 is 0 Å². The summed E-state index contributed by atoms with van der Waals surface area (Å²) in [5.41, 5.74) is 2.25. The van der Waals surface area contributed by atoms with Crippen LogP contribution < -0.4 is 10.1 Å². The molecule has 2 aromatic rings. The number of hydrogen-bond acceptors (Lipinski definition) is 2. The maximum absolute atomic E-state index is 13.1. The van der Waals surface area contributed by atoms with Gasteiger partial charge < -0.3 is 10.1 Å². The summed E-state index contributed by atoms with van der Waals surface area (Å²) in [4.78, 5) is 0. The Morgan fingerprint density at radius 2 is 2.05 bits per heavy atom. The van der Waals surface area contributed by atoms with Gasteiger partial charge in [0.15, 0.2) is 0 Å². The molecule has 20 heavy (non-hydrogen) atoms. The van der Waals surface area contributed by atoms with Gasteiger partial charge in [0.05, 0.1) is 6.61 Å². The van der Waals surface area contributed by atoms with E-state index in [0.29, 0.717) is 6.04 Å². The van der Waals surface area contributed by atoms with E-state index in [2.05, 4.69) is 11.4 Å². The van der Waals surface area contributed by atoms with Crippen LogP contribution in [-0.2, 0) is 6.42 Å². The Labute approximate surface area is 118 Å². The number of halogens is 1. The van der Waals surface area contributed by atoms with E-state index in [1.54, 1.807) is 12.1 Å². The number of para-hydroxylation sites is 1. The minimum absolute atomic E-state index is 0.168. The molecule has 1 atom stereocenters. The van der Waals surface area contributed by atoms with Gasteiger partial charge in [0.2, 0.25) is 0 Å². The monoisotopic (exact) mass is 271 g/mol. The predicted molar refractivity (Wildman–Crippen MR) is 77.4 cm³/mol. The topological polar surface area (TPSA) is 21.3 Å². The van der Waals surface area contributed by atoms with E-state index in [0.717, 1.165) is 37.3 Å². The fraction of sp³-hybridized carbons (Fsp3) is 0.294. The average molecular weight is 271 g/mol. The van der Waals surface area contributed by atoms with Gasteiger partial charge in [-0.05, 0) is 36.7 Å². The van der Waals surface area contributed by atoms with Crippen molar-refractivity contribution in [1.29, 1.82) is 0 Å². The van der Waals surface area contributed by atoms with Crippen LogP contribution >= 0.6 is 0 Å². The maximum Gasteiger partial charge on any atom is 0.124 e. The SMILES string of the molecule is Fc1cccc(CCNC2CCOc3ccccc32)c1. The van der Waals surface area contributed by atoms with Crippen LogP contribution in [-0.4, -0.2) is 13.2 Å². The lowest BCUT2D eigenvalue weighted by Gasteiger charge is -2.26. The second-order valence-corrected chi connectivity index (χ2v) is 5.06. The first kappa shape index (κ1) is 13.1. The van der Waals surface area contributed by atoms with E-state index in [9.17, 15) is 4.39 Å². The summed E-state index contributed by atoms with van der Waals surface area (Å²) in [5.74, 6) is 0.806. The molecular formula is C17H18FNO. The molecule has 1 aliphatic heterocycles. The molecule has 1 heterocycles. The van der Waals surface area contributed by atoms with Crippen molar-refractivity contribution in [2.45, 2.75) is 18.9 Å². The summed E-state index contributed by atoms with van der Waals surface area (Å²) in [6, 6.07) is 15.3. The third kappa shape index (κ3) is 2.99. The first-order valence-electron chi connectivity index (χ1n) is 7.02. The van der Waals surface area contributed by atoms with E-state index in [-0.39, 0.29) is 5.82 Å². The molecule has 0 bridgehead atoms. The molecule has 0 spiro atoms. The van der Waals surface area contributed by atoms with Crippen LogP contribution in [0.2, 0.25) is 0 Å². The van der Waals surface area contributed by atoms with Crippen molar-refractivity contribution < 1.29 is 9.13 Å². The Morgan fingerprint density at radius 1 is 1.15 bits per heavy atom. The van der Waals surface area contributed by atoms with Crippen molar-refractivity contribution in [1.82, 2.24) is 5.32 Å². The summed E-state index contributed by atoms with van der Waals surface area (Å²) >= 11 is 0. The zero-order chi connectivity index (χ0) is 13.8. The number of benzene rings is 2. The highest BCUT2D eigenvalue weighted by Crippen LogP contribution is 2.31. The minimum Gasteiger partial charge on any atom is -0.493 e. The van der Waals surface area contributed by atoms with E-state index in [4.69, 9.17) is 4.74 Å². The van der Waals surface area contributed by atoms with Crippen molar-refractivity contribution >= 4 is 0 Å². The van der Waals surface area contributed by atoms with Gasteiger partial charge in [0.25, 0.3) is 0 Å². The molecule has 3 heteroatoms. The molecular weight excluding hydrogens is 253 g/mol. The summed E-state index contributed by atoms with van der Waals surface area (Å²) in [5, 5.41) is 3.54. The number of nitrogens with one attached hydrogen (secondary N) is 1. The fourth-order valence-corrected chi connectivity index (χ4v) is 2.64. The molecule has 1 N–H and O–H groups in total. The number of fused-ring (bicyclic) bond motifs is 1. The highest BCUT2D eigenvalue weighted by atomic mass is 19.1. The van der Waals surface area contributed by atoms with Crippen LogP contribution in [0.15, 0.2) is 48.5 Å². The number of hydrogen-bond donors (Lipinski definition) is 1. The lowest BCUT2D eigenvalue weighted by Crippen LogP contribution is -2.28. The molecule has 0 fully saturated rings. The molecule has 1 unspecified atom stereocenters. The molecule has 0 aliphatic carbocycles. The first-order chi connectivity index (χ1) is 9.83. The summed E-state index contributed by atoms with van der Waals surface area (Å²) < 4.78 is 18.8. The Hall–Kier alpha value is -1.87. The van der Waals surface area contributed by atoms with Crippen LogP contribution in [0.25, 0.3) is 0 Å². The minimum atomic E-state index is -0.168. The molecule has 3 rings (SSSR count). The molecule has 104 valence electrons. The van der Waals surface area contributed by atoms with Gasteiger partial charge in [0.1, 0.15) is 11.6 Å². The highest BCUT2D eigenvalue weighted by Gasteiger charge is 2.19. The van der Waals surface area contributed by atoms with Crippen LogP contribution in [0.4, 0.5) is 4.39 Å². The van der Waals surface area contributed by atoms with E-state index in [1.165, 1.54) is 11.6 Å². The highest BCUT2D eigenvalue weighted by molar-refractivity contribution is 5.37. The van der Waals surface area contributed by atoms with Crippen molar-refractivity contribution in [3.05, 3.63) is 65.5 Å². The molecule has 0 radical (unpaired) electrons. The van der Waals surface area contributed by atoms with Crippen LogP contribution in [0.1, 0.15) is 23.6 Å². The van der Waals surface area contributed by atoms with Crippen molar-refractivity contribution in [3.63, 3.8) is 0 Å². The van der Waals surface area contributed by atoms with Gasteiger partial charge in [-0.3, -0.25) is 0 Å². The molecule has 0 saturated carbocycles. The van der Waals surface area contributed by atoms with Gasteiger partial charge in [-0.25, -0.2) is 4.39 Å². The Bertz CT molecular complexity index is 585. The van der Waals surface area contributed by atoms with Gasteiger partial charge in [-0.15, -0.1) is 0 Å². The lowest BCUT2D eigenvalue weighted by atomic mass is 10.0. The largest absolute Gasteiger partial charge is 0.493 e. The smallest absolute Gasteiger partial charge is 0.124 e. The zero-order valence-corrected chi connectivity index (χ0v) is 11.3. The Kier molecular flexibility index (Phi) is 3.97. The summed E-state index contributed by atoms with van der Waals surface area (Å²) in [6.07, 6.45) is 1.80. The van der Waals surface area contributed by atoms with Crippen LogP contribution in [0, 0.1) is 5.82 Å². The number of ether oxygens (including phenoxy) is 1.